The molecule has 0 bridgehead atoms. The third kappa shape index (κ3) is 1.99. The molecule has 1 aliphatic heterocycles. The van der Waals surface area contributed by atoms with Gasteiger partial charge in [0.05, 0.1) is 12.1 Å². The first-order valence-corrected chi connectivity index (χ1v) is 6.24. The minimum Gasteiger partial charge on any atom is -0.376 e. The fourth-order valence-electron chi connectivity index (χ4n) is 2.41. The van der Waals surface area contributed by atoms with Crippen molar-refractivity contribution in [3.8, 4) is 0 Å². The Morgan fingerprint density at radius 1 is 1.39 bits per heavy atom. The van der Waals surface area contributed by atoms with Crippen molar-refractivity contribution in [3.05, 3.63) is 40.7 Å². The lowest BCUT2D eigenvalue weighted by Gasteiger charge is -2.17. The molecular formula is C14H16N2O2. The van der Waals surface area contributed by atoms with E-state index in [1.165, 1.54) is 0 Å². The van der Waals surface area contributed by atoms with Gasteiger partial charge in [0.25, 0.3) is 5.56 Å². The summed E-state index contributed by atoms with van der Waals surface area (Å²) in [7, 11) is 0. The van der Waals surface area contributed by atoms with Crippen LogP contribution >= 0.6 is 0 Å². The topological polar surface area (TPSA) is 54.1 Å². The average Bonchev–Trinajstić information content (AvgIpc) is 2.75. The Bertz CT molecular complexity index is 620. The van der Waals surface area contributed by atoms with Gasteiger partial charge in [-0.15, -0.1) is 0 Å². The van der Waals surface area contributed by atoms with Gasteiger partial charge in [-0.2, -0.15) is 0 Å². The maximum absolute atomic E-state index is 11.9. The second-order valence-corrected chi connectivity index (χ2v) is 4.71. The Morgan fingerprint density at radius 3 is 3.00 bits per heavy atom. The predicted octanol–water partition coefficient (Wildman–Crippen LogP) is 2.12. The highest BCUT2D eigenvalue weighted by Crippen LogP contribution is 2.19. The van der Waals surface area contributed by atoms with Gasteiger partial charge < -0.3 is 15.0 Å². The lowest BCUT2D eigenvalue weighted by molar-refractivity contribution is 0.121. The first-order valence-electron chi connectivity index (χ1n) is 6.24. The zero-order chi connectivity index (χ0) is 12.5. The molecule has 4 nitrogen and oxygen atoms in total. The number of rotatable bonds is 2. The van der Waals surface area contributed by atoms with Crippen LogP contribution in [0.15, 0.2) is 35.1 Å². The van der Waals surface area contributed by atoms with Gasteiger partial charge in [-0.3, -0.25) is 4.79 Å². The molecule has 2 unspecified atom stereocenters. The minimum atomic E-state index is -0.0535. The van der Waals surface area contributed by atoms with E-state index >= 15 is 0 Å². The summed E-state index contributed by atoms with van der Waals surface area (Å²) in [5, 5.41) is 5.02. The van der Waals surface area contributed by atoms with Crippen LogP contribution in [0.5, 0.6) is 0 Å². The molecule has 3 rings (SSSR count). The van der Waals surface area contributed by atoms with Crippen molar-refractivity contribution >= 4 is 16.6 Å². The monoisotopic (exact) mass is 244 g/mol. The van der Waals surface area contributed by atoms with Gasteiger partial charge in [0.15, 0.2) is 0 Å². The number of aromatic amines is 1. The maximum atomic E-state index is 11.9. The van der Waals surface area contributed by atoms with Crippen LogP contribution in [-0.2, 0) is 4.74 Å². The number of hydrogen-bond donors (Lipinski definition) is 2. The minimum absolute atomic E-state index is 0.0535. The smallest absolute Gasteiger partial charge is 0.257 e. The van der Waals surface area contributed by atoms with Crippen LogP contribution in [0.4, 0.5) is 5.82 Å². The van der Waals surface area contributed by atoms with Crippen molar-refractivity contribution in [3.63, 3.8) is 0 Å². The van der Waals surface area contributed by atoms with Crippen molar-refractivity contribution in [2.24, 2.45) is 0 Å². The average molecular weight is 244 g/mol. The first kappa shape index (κ1) is 11.3. The van der Waals surface area contributed by atoms with E-state index in [2.05, 4.69) is 10.3 Å². The lowest BCUT2D eigenvalue weighted by atomic mass is 10.1. The molecule has 1 aromatic heterocycles. The van der Waals surface area contributed by atoms with E-state index in [1.807, 2.05) is 37.3 Å². The molecule has 0 spiro atoms. The lowest BCUT2D eigenvalue weighted by Crippen LogP contribution is -2.28. The number of ether oxygens (including phenoxy) is 1. The molecule has 94 valence electrons. The van der Waals surface area contributed by atoms with Crippen LogP contribution < -0.4 is 10.9 Å². The molecule has 1 aliphatic rings. The highest BCUT2D eigenvalue weighted by atomic mass is 16.5. The second kappa shape index (κ2) is 4.46. The molecule has 2 heterocycles. The highest BCUT2D eigenvalue weighted by Gasteiger charge is 2.24. The zero-order valence-corrected chi connectivity index (χ0v) is 10.3. The third-order valence-corrected chi connectivity index (χ3v) is 3.47. The molecule has 18 heavy (non-hydrogen) atoms. The largest absolute Gasteiger partial charge is 0.376 e. The zero-order valence-electron chi connectivity index (χ0n) is 10.3. The molecular weight excluding hydrogens is 228 g/mol. The molecule has 2 aromatic rings. The molecule has 1 aromatic carbocycles. The molecule has 0 radical (unpaired) electrons. The Morgan fingerprint density at radius 2 is 2.22 bits per heavy atom. The van der Waals surface area contributed by atoms with Crippen molar-refractivity contribution in [1.29, 1.82) is 0 Å². The number of nitrogens with one attached hydrogen (secondary N) is 2. The quantitative estimate of drug-likeness (QED) is 0.850. The molecule has 2 atom stereocenters. The van der Waals surface area contributed by atoms with Crippen molar-refractivity contribution in [2.45, 2.75) is 25.5 Å². The number of fused-ring (bicyclic) bond motifs is 1. The van der Waals surface area contributed by atoms with Gasteiger partial charge in [0, 0.05) is 12.0 Å². The first-order chi connectivity index (χ1) is 8.74. The number of hydrogen-bond acceptors (Lipinski definition) is 3. The van der Waals surface area contributed by atoms with Crippen LogP contribution in [0.1, 0.15) is 13.3 Å². The highest BCUT2D eigenvalue weighted by molar-refractivity contribution is 5.83. The van der Waals surface area contributed by atoms with E-state index in [0.29, 0.717) is 0 Å². The summed E-state index contributed by atoms with van der Waals surface area (Å²) >= 11 is 0. The summed E-state index contributed by atoms with van der Waals surface area (Å²) in [5.41, 5.74) is -0.0535. The van der Waals surface area contributed by atoms with Gasteiger partial charge >= 0.3 is 0 Å². The summed E-state index contributed by atoms with van der Waals surface area (Å²) in [6.45, 7) is 2.82. The Labute approximate surface area is 105 Å². The van der Waals surface area contributed by atoms with E-state index in [9.17, 15) is 4.79 Å². The summed E-state index contributed by atoms with van der Waals surface area (Å²) in [5.74, 6) is 0.765. The van der Waals surface area contributed by atoms with E-state index in [0.717, 1.165) is 29.6 Å². The van der Waals surface area contributed by atoms with Gasteiger partial charge in [-0.1, -0.05) is 18.2 Å². The number of pyridine rings is 1. The molecule has 0 amide bonds. The van der Waals surface area contributed by atoms with Gasteiger partial charge in [0.1, 0.15) is 5.82 Å². The van der Waals surface area contributed by atoms with Crippen LogP contribution in [0, 0.1) is 0 Å². The number of H-pyrrole nitrogens is 1. The third-order valence-electron chi connectivity index (χ3n) is 3.47. The van der Waals surface area contributed by atoms with Crippen LogP contribution in [-0.4, -0.2) is 23.7 Å². The predicted molar refractivity (Wildman–Crippen MR) is 72.0 cm³/mol. The Kier molecular flexibility index (Phi) is 2.80. The molecule has 0 saturated carbocycles. The molecule has 0 aliphatic carbocycles. The SMILES string of the molecule is CC1OCCC1Nc1cc2ccccc2c(=O)[nH]1. The van der Waals surface area contributed by atoms with Crippen molar-refractivity contribution < 1.29 is 4.74 Å². The van der Waals surface area contributed by atoms with Crippen molar-refractivity contribution in [2.75, 3.05) is 11.9 Å². The molecule has 1 saturated heterocycles. The van der Waals surface area contributed by atoms with Crippen LogP contribution in [0.3, 0.4) is 0 Å². The van der Waals surface area contributed by atoms with E-state index in [-0.39, 0.29) is 17.7 Å². The number of benzene rings is 1. The normalized spacial score (nSPS) is 23.4. The molecule has 4 heteroatoms. The standard InChI is InChI=1S/C14H16N2O2/c1-9-12(6-7-18-9)15-13-8-10-4-2-3-5-11(10)14(17)16-13/h2-5,8-9,12H,6-7H2,1H3,(H2,15,16,17). The summed E-state index contributed by atoms with van der Waals surface area (Å²) in [6, 6.07) is 9.83. The second-order valence-electron chi connectivity index (χ2n) is 4.71. The molecule has 2 N–H and O–H groups in total. The van der Waals surface area contributed by atoms with Crippen LogP contribution in [0.25, 0.3) is 10.8 Å². The summed E-state index contributed by atoms with van der Waals surface area (Å²) < 4.78 is 5.50. The van der Waals surface area contributed by atoms with Crippen LogP contribution in [0.2, 0.25) is 0 Å². The number of anilines is 1. The van der Waals surface area contributed by atoms with Gasteiger partial charge in [-0.05, 0) is 30.9 Å². The molecule has 1 fully saturated rings. The number of aromatic nitrogens is 1. The van der Waals surface area contributed by atoms with E-state index < -0.39 is 0 Å². The van der Waals surface area contributed by atoms with Gasteiger partial charge in [0.2, 0.25) is 0 Å². The Hall–Kier alpha value is -1.81. The Balaban J connectivity index is 1.95. The van der Waals surface area contributed by atoms with E-state index in [4.69, 9.17) is 4.74 Å². The summed E-state index contributed by atoms with van der Waals surface area (Å²) in [4.78, 5) is 14.8. The fourth-order valence-corrected chi connectivity index (χ4v) is 2.41. The van der Waals surface area contributed by atoms with Gasteiger partial charge in [-0.25, -0.2) is 0 Å². The van der Waals surface area contributed by atoms with E-state index in [1.54, 1.807) is 0 Å². The maximum Gasteiger partial charge on any atom is 0.257 e. The summed E-state index contributed by atoms with van der Waals surface area (Å²) in [6.07, 6.45) is 1.15. The van der Waals surface area contributed by atoms with Crippen molar-refractivity contribution in [1.82, 2.24) is 4.98 Å². The fraction of sp³-hybridized carbons (Fsp3) is 0.357.